The predicted octanol–water partition coefficient (Wildman–Crippen LogP) is 7.37. The van der Waals surface area contributed by atoms with Crippen LogP contribution in [0.3, 0.4) is 0 Å². The van der Waals surface area contributed by atoms with Gasteiger partial charge in [0.05, 0.1) is 6.61 Å². The standard InChI is InChI=1S/C23H30F4O2/c1-3-16-10-12-17(13-11-16)8-6-5-7-9-19(28)18-14-15-20(29-4-2)22(24)21(18)23(25,26)27/h3,14-17H,1,4-13H2,2H3. The largest absolute Gasteiger partial charge is 0.491 e. The molecule has 0 bridgehead atoms. The van der Waals surface area contributed by atoms with Crippen molar-refractivity contribution in [3.63, 3.8) is 0 Å². The van der Waals surface area contributed by atoms with Crippen LogP contribution in [-0.2, 0) is 6.18 Å². The van der Waals surface area contributed by atoms with Crippen molar-refractivity contribution in [3.8, 4) is 5.75 Å². The summed E-state index contributed by atoms with van der Waals surface area (Å²) in [6.45, 7) is 5.44. The van der Waals surface area contributed by atoms with Crippen LogP contribution >= 0.6 is 0 Å². The summed E-state index contributed by atoms with van der Waals surface area (Å²) in [6, 6.07) is 2.12. The van der Waals surface area contributed by atoms with Crippen LogP contribution in [0.15, 0.2) is 24.8 Å². The van der Waals surface area contributed by atoms with Crippen molar-refractivity contribution in [2.75, 3.05) is 6.61 Å². The van der Waals surface area contributed by atoms with Crippen LogP contribution in [0, 0.1) is 17.7 Å². The minimum Gasteiger partial charge on any atom is -0.491 e. The monoisotopic (exact) mass is 414 g/mol. The summed E-state index contributed by atoms with van der Waals surface area (Å²) in [5, 5.41) is 0. The molecule has 0 amide bonds. The maximum atomic E-state index is 14.3. The number of carbonyl (C=O) groups is 1. The molecule has 2 rings (SSSR count). The minimum absolute atomic E-state index is 0.0142. The quantitative estimate of drug-likeness (QED) is 0.173. The van der Waals surface area contributed by atoms with Gasteiger partial charge in [-0.25, -0.2) is 4.39 Å². The van der Waals surface area contributed by atoms with E-state index in [-0.39, 0.29) is 13.0 Å². The zero-order valence-corrected chi connectivity index (χ0v) is 17.0. The van der Waals surface area contributed by atoms with Crippen molar-refractivity contribution >= 4 is 5.78 Å². The molecule has 2 nitrogen and oxygen atoms in total. The van der Waals surface area contributed by atoms with Crippen LogP contribution in [-0.4, -0.2) is 12.4 Å². The van der Waals surface area contributed by atoms with Crippen LogP contribution in [0.2, 0.25) is 0 Å². The highest BCUT2D eigenvalue weighted by molar-refractivity contribution is 5.97. The summed E-state index contributed by atoms with van der Waals surface area (Å²) in [5.41, 5.74) is -2.13. The van der Waals surface area contributed by atoms with Gasteiger partial charge in [0.1, 0.15) is 5.56 Å². The van der Waals surface area contributed by atoms with Gasteiger partial charge in [-0.15, -0.1) is 6.58 Å². The van der Waals surface area contributed by atoms with Crippen LogP contribution < -0.4 is 4.74 Å². The van der Waals surface area contributed by atoms with Crippen LogP contribution in [0.1, 0.15) is 80.6 Å². The van der Waals surface area contributed by atoms with Crippen molar-refractivity contribution in [3.05, 3.63) is 41.7 Å². The fourth-order valence-corrected chi connectivity index (χ4v) is 4.08. The number of halogens is 4. The van der Waals surface area contributed by atoms with Gasteiger partial charge in [-0.2, -0.15) is 13.2 Å². The van der Waals surface area contributed by atoms with E-state index >= 15 is 0 Å². The average molecular weight is 414 g/mol. The number of carbonyl (C=O) groups excluding carboxylic acids is 1. The number of alkyl halides is 3. The first-order valence-corrected chi connectivity index (χ1v) is 10.5. The van der Waals surface area contributed by atoms with Crippen molar-refractivity contribution in [2.45, 2.75) is 70.9 Å². The molecule has 0 atom stereocenters. The molecular weight excluding hydrogens is 384 g/mol. The normalized spacial score (nSPS) is 19.8. The predicted molar refractivity (Wildman–Crippen MR) is 106 cm³/mol. The lowest BCUT2D eigenvalue weighted by Crippen LogP contribution is -2.17. The fraction of sp³-hybridized carbons (Fsp3) is 0.609. The molecule has 0 spiro atoms. The summed E-state index contributed by atoms with van der Waals surface area (Å²) in [5.74, 6) is -1.35. The molecule has 0 saturated heterocycles. The van der Waals surface area contributed by atoms with Gasteiger partial charge in [-0.1, -0.05) is 25.3 Å². The van der Waals surface area contributed by atoms with Gasteiger partial charge in [-0.3, -0.25) is 4.79 Å². The molecule has 162 valence electrons. The van der Waals surface area contributed by atoms with Crippen LogP contribution in [0.5, 0.6) is 5.75 Å². The smallest absolute Gasteiger partial charge is 0.420 e. The Morgan fingerprint density at radius 1 is 1.17 bits per heavy atom. The lowest BCUT2D eigenvalue weighted by atomic mass is 9.80. The minimum atomic E-state index is -4.95. The van der Waals surface area contributed by atoms with Gasteiger partial charge in [0, 0.05) is 12.0 Å². The second-order valence-electron chi connectivity index (χ2n) is 7.77. The molecule has 1 aliphatic rings. The molecule has 29 heavy (non-hydrogen) atoms. The second kappa shape index (κ2) is 10.8. The van der Waals surface area contributed by atoms with E-state index in [1.165, 1.54) is 25.7 Å². The lowest BCUT2D eigenvalue weighted by molar-refractivity contribution is -0.140. The highest BCUT2D eigenvalue weighted by Gasteiger charge is 2.39. The molecule has 0 N–H and O–H groups in total. The van der Waals surface area contributed by atoms with Gasteiger partial charge in [-0.05, 0) is 63.0 Å². The van der Waals surface area contributed by atoms with E-state index in [1.54, 1.807) is 6.92 Å². The molecule has 1 saturated carbocycles. The van der Waals surface area contributed by atoms with Gasteiger partial charge >= 0.3 is 6.18 Å². The zero-order chi connectivity index (χ0) is 21.4. The Morgan fingerprint density at radius 3 is 2.45 bits per heavy atom. The number of Topliss-reactive ketones (excluding diaryl/α,β-unsaturated/α-hetero) is 1. The topological polar surface area (TPSA) is 26.3 Å². The molecule has 1 aromatic rings. The average Bonchev–Trinajstić information content (AvgIpc) is 2.68. The number of hydrogen-bond acceptors (Lipinski definition) is 2. The molecule has 6 heteroatoms. The highest BCUT2D eigenvalue weighted by atomic mass is 19.4. The van der Waals surface area contributed by atoms with E-state index in [9.17, 15) is 22.4 Å². The Labute approximate surface area is 170 Å². The molecule has 0 unspecified atom stereocenters. The van der Waals surface area contributed by atoms with Gasteiger partial charge < -0.3 is 4.74 Å². The van der Waals surface area contributed by atoms with Gasteiger partial charge in [0.15, 0.2) is 17.3 Å². The third kappa shape index (κ3) is 6.58. The maximum absolute atomic E-state index is 14.3. The number of unbranched alkanes of at least 4 members (excludes halogenated alkanes) is 2. The Bertz CT molecular complexity index is 689. The maximum Gasteiger partial charge on any atom is 0.420 e. The van der Waals surface area contributed by atoms with Crippen LogP contribution in [0.4, 0.5) is 17.6 Å². The molecule has 1 aliphatic carbocycles. The van der Waals surface area contributed by atoms with E-state index in [2.05, 4.69) is 6.58 Å². The number of hydrogen-bond donors (Lipinski definition) is 0. The van der Waals surface area contributed by atoms with Gasteiger partial charge in [0.2, 0.25) is 0 Å². The second-order valence-corrected chi connectivity index (χ2v) is 7.77. The van der Waals surface area contributed by atoms with Crippen molar-refractivity contribution in [1.82, 2.24) is 0 Å². The molecule has 1 aromatic carbocycles. The summed E-state index contributed by atoms with van der Waals surface area (Å²) in [7, 11) is 0. The Kier molecular flexibility index (Phi) is 8.72. The molecule has 0 aromatic heterocycles. The third-order valence-corrected chi connectivity index (χ3v) is 5.73. The Balaban J connectivity index is 1.87. The molecular formula is C23H30F4O2. The number of benzene rings is 1. The van der Waals surface area contributed by atoms with Crippen LogP contribution in [0.25, 0.3) is 0 Å². The number of ether oxygens (including phenoxy) is 1. The first-order chi connectivity index (χ1) is 13.8. The molecule has 0 heterocycles. The van der Waals surface area contributed by atoms with Gasteiger partial charge in [0.25, 0.3) is 0 Å². The summed E-state index contributed by atoms with van der Waals surface area (Å²) < 4.78 is 59.2. The van der Waals surface area contributed by atoms with E-state index < -0.39 is 34.7 Å². The van der Waals surface area contributed by atoms with Crippen molar-refractivity contribution in [1.29, 1.82) is 0 Å². The van der Waals surface area contributed by atoms with Crippen molar-refractivity contribution < 1.29 is 27.1 Å². The zero-order valence-electron chi connectivity index (χ0n) is 17.0. The highest BCUT2D eigenvalue weighted by Crippen LogP contribution is 2.38. The number of rotatable bonds is 10. The summed E-state index contributed by atoms with van der Waals surface area (Å²) in [6.07, 6.45) is 5.14. The SMILES string of the molecule is C=CC1CCC(CCCCCC(=O)c2ccc(OCC)c(F)c2C(F)(F)F)CC1. The lowest BCUT2D eigenvalue weighted by Gasteiger charge is -2.26. The molecule has 1 fully saturated rings. The van der Waals surface area contributed by atoms with E-state index in [0.717, 1.165) is 31.4 Å². The Hall–Kier alpha value is -1.85. The van der Waals surface area contributed by atoms with Crippen molar-refractivity contribution in [2.24, 2.45) is 11.8 Å². The van der Waals surface area contributed by atoms with E-state index in [4.69, 9.17) is 4.74 Å². The fourth-order valence-electron chi connectivity index (χ4n) is 4.08. The number of allylic oxidation sites excluding steroid dienone is 1. The van der Waals surface area contributed by atoms with E-state index in [1.807, 2.05) is 6.08 Å². The first kappa shape index (κ1) is 23.4. The molecule has 0 aliphatic heterocycles. The molecule has 0 radical (unpaired) electrons. The number of ketones is 1. The van der Waals surface area contributed by atoms with E-state index in [0.29, 0.717) is 18.3 Å². The first-order valence-electron chi connectivity index (χ1n) is 10.5. The summed E-state index contributed by atoms with van der Waals surface area (Å²) >= 11 is 0. The third-order valence-electron chi connectivity index (χ3n) is 5.73. The Morgan fingerprint density at radius 2 is 1.86 bits per heavy atom. The summed E-state index contributed by atoms with van der Waals surface area (Å²) in [4.78, 5) is 12.4.